The molecule has 9 heteroatoms. The molecule has 6 nitrogen and oxygen atoms in total. The van der Waals surface area contributed by atoms with Crippen LogP contribution in [0.25, 0.3) is 22.0 Å². The van der Waals surface area contributed by atoms with Crippen LogP contribution < -0.4 is 5.84 Å². The number of thioether (sulfide) groups is 1. The summed E-state index contributed by atoms with van der Waals surface area (Å²) in [4.78, 5) is 1.05. The molecule has 0 spiro atoms. The van der Waals surface area contributed by atoms with Crippen molar-refractivity contribution in [3.05, 3.63) is 58.6 Å². The van der Waals surface area contributed by atoms with E-state index in [1.54, 1.807) is 23.5 Å². The first-order valence-corrected chi connectivity index (χ1v) is 9.54. The average molecular weight is 390 g/mol. The third-order valence-corrected chi connectivity index (χ3v) is 5.52. The zero-order valence-corrected chi connectivity index (χ0v) is 15.2. The highest BCUT2D eigenvalue weighted by Crippen LogP contribution is 2.29. The van der Waals surface area contributed by atoms with Crippen LogP contribution in [0.2, 0.25) is 5.02 Å². The molecule has 1 aromatic carbocycles. The summed E-state index contributed by atoms with van der Waals surface area (Å²) in [6.07, 6.45) is 0. The first-order chi connectivity index (χ1) is 12.2. The van der Waals surface area contributed by atoms with Gasteiger partial charge in [-0.15, -0.1) is 21.5 Å². The summed E-state index contributed by atoms with van der Waals surface area (Å²) in [5.41, 5.74) is 1.64. The van der Waals surface area contributed by atoms with Crippen LogP contribution in [0.4, 0.5) is 0 Å². The second-order valence-corrected chi connectivity index (χ2v) is 7.46. The summed E-state index contributed by atoms with van der Waals surface area (Å²) < 4.78 is 6.83. The zero-order chi connectivity index (χ0) is 17.2. The van der Waals surface area contributed by atoms with Gasteiger partial charge in [-0.05, 0) is 23.6 Å². The molecular formula is C16H12ClN5OS2. The Balaban J connectivity index is 1.49. The van der Waals surface area contributed by atoms with Gasteiger partial charge in [0.1, 0.15) is 0 Å². The zero-order valence-electron chi connectivity index (χ0n) is 12.8. The maximum Gasteiger partial charge on any atom is 0.210 e. The molecule has 0 fully saturated rings. The van der Waals surface area contributed by atoms with Gasteiger partial charge in [-0.3, -0.25) is 0 Å². The number of aromatic nitrogens is 4. The van der Waals surface area contributed by atoms with Gasteiger partial charge in [-0.25, -0.2) is 4.68 Å². The quantitative estimate of drug-likeness (QED) is 0.404. The highest BCUT2D eigenvalue weighted by Gasteiger charge is 2.14. The number of hydrogen-bond acceptors (Lipinski definition) is 7. The molecule has 0 saturated heterocycles. The lowest BCUT2D eigenvalue weighted by Crippen LogP contribution is -2.11. The van der Waals surface area contributed by atoms with E-state index >= 15 is 0 Å². The predicted molar refractivity (Wildman–Crippen MR) is 100.0 cm³/mol. The molecule has 126 valence electrons. The largest absolute Gasteiger partial charge is 0.355 e. The van der Waals surface area contributed by atoms with E-state index in [4.69, 9.17) is 22.0 Å². The molecule has 2 N–H and O–H groups in total. The molecule has 0 unspecified atom stereocenters. The van der Waals surface area contributed by atoms with Crippen molar-refractivity contribution < 1.29 is 4.52 Å². The smallest absolute Gasteiger partial charge is 0.210 e. The predicted octanol–water partition coefficient (Wildman–Crippen LogP) is 4.32. The van der Waals surface area contributed by atoms with E-state index in [2.05, 4.69) is 15.4 Å². The Bertz CT molecular complexity index is 996. The van der Waals surface area contributed by atoms with E-state index in [1.807, 2.05) is 35.7 Å². The number of hydrogen-bond donors (Lipinski definition) is 1. The van der Waals surface area contributed by atoms with Crippen LogP contribution in [0.1, 0.15) is 5.69 Å². The first-order valence-electron chi connectivity index (χ1n) is 7.29. The van der Waals surface area contributed by atoms with Crippen molar-refractivity contribution in [1.29, 1.82) is 0 Å². The number of nitrogens with two attached hydrogens (primary N) is 1. The lowest BCUT2D eigenvalue weighted by Gasteiger charge is -2.03. The number of benzene rings is 1. The average Bonchev–Trinajstić information content (AvgIpc) is 3.34. The molecule has 3 heterocycles. The second kappa shape index (κ2) is 6.91. The van der Waals surface area contributed by atoms with Crippen LogP contribution in [-0.4, -0.2) is 20.0 Å². The highest BCUT2D eigenvalue weighted by molar-refractivity contribution is 7.98. The molecule has 0 radical (unpaired) electrons. The minimum atomic E-state index is 0.560. The van der Waals surface area contributed by atoms with Gasteiger partial charge in [0.2, 0.25) is 5.16 Å². The Morgan fingerprint density at radius 2 is 2.12 bits per heavy atom. The summed E-state index contributed by atoms with van der Waals surface area (Å²) >= 11 is 9.07. The highest BCUT2D eigenvalue weighted by atomic mass is 35.5. The SMILES string of the molecule is Nn1c(SCc2cc(-c3cccs3)on2)nnc1-c1cccc(Cl)c1. The number of rotatable bonds is 5. The molecule has 4 rings (SSSR count). The molecule has 0 aliphatic carbocycles. The maximum atomic E-state index is 6.12. The molecule has 0 amide bonds. The molecule has 25 heavy (non-hydrogen) atoms. The van der Waals surface area contributed by atoms with Gasteiger partial charge >= 0.3 is 0 Å². The van der Waals surface area contributed by atoms with Crippen molar-refractivity contribution in [3.63, 3.8) is 0 Å². The fourth-order valence-electron chi connectivity index (χ4n) is 2.25. The van der Waals surface area contributed by atoms with Gasteiger partial charge in [-0.2, -0.15) is 0 Å². The lowest BCUT2D eigenvalue weighted by molar-refractivity contribution is 0.427. The fraction of sp³-hybridized carbons (Fsp3) is 0.0625. The number of nitrogens with zero attached hydrogens (tertiary/aromatic N) is 4. The Labute approximate surface area is 156 Å². The van der Waals surface area contributed by atoms with E-state index < -0.39 is 0 Å². The van der Waals surface area contributed by atoms with Crippen LogP contribution >= 0.6 is 34.7 Å². The van der Waals surface area contributed by atoms with E-state index in [-0.39, 0.29) is 0 Å². The third kappa shape index (κ3) is 3.41. The van der Waals surface area contributed by atoms with Crippen molar-refractivity contribution in [2.75, 3.05) is 5.84 Å². The molecular weight excluding hydrogens is 378 g/mol. The normalized spacial score (nSPS) is 11.1. The summed E-state index contributed by atoms with van der Waals surface area (Å²) in [5.74, 6) is 8.02. The molecule has 0 aliphatic rings. The van der Waals surface area contributed by atoms with Gasteiger partial charge in [0.05, 0.1) is 10.6 Å². The van der Waals surface area contributed by atoms with E-state index in [1.165, 1.54) is 16.4 Å². The van der Waals surface area contributed by atoms with E-state index in [9.17, 15) is 0 Å². The van der Waals surface area contributed by atoms with Crippen LogP contribution in [0.15, 0.2) is 57.5 Å². The minimum absolute atomic E-state index is 0.560. The van der Waals surface area contributed by atoms with Crippen LogP contribution in [0.5, 0.6) is 0 Å². The number of thiophene rings is 1. The van der Waals surface area contributed by atoms with Gasteiger partial charge < -0.3 is 10.4 Å². The van der Waals surface area contributed by atoms with Gasteiger partial charge in [0, 0.05) is 22.4 Å². The third-order valence-electron chi connectivity index (χ3n) is 3.42. The Hall–Kier alpha value is -2.29. The monoisotopic (exact) mass is 389 g/mol. The lowest BCUT2D eigenvalue weighted by atomic mass is 10.2. The standard InChI is InChI=1S/C16H12ClN5OS2/c17-11-4-1-3-10(7-11)15-19-20-16(22(15)18)25-9-12-8-13(23-21-12)14-5-2-6-24-14/h1-8H,9,18H2. The van der Waals surface area contributed by atoms with E-state index in [0.29, 0.717) is 21.8 Å². The Morgan fingerprint density at radius 1 is 1.20 bits per heavy atom. The van der Waals surface area contributed by atoms with Crippen molar-refractivity contribution in [2.24, 2.45) is 0 Å². The van der Waals surface area contributed by atoms with Gasteiger partial charge in [0.25, 0.3) is 0 Å². The maximum absolute atomic E-state index is 6.12. The summed E-state index contributed by atoms with van der Waals surface area (Å²) in [7, 11) is 0. The summed E-state index contributed by atoms with van der Waals surface area (Å²) in [6.45, 7) is 0. The van der Waals surface area contributed by atoms with Crippen LogP contribution in [0, 0.1) is 0 Å². The van der Waals surface area contributed by atoms with Gasteiger partial charge in [-0.1, -0.05) is 46.7 Å². The first kappa shape index (κ1) is 16.2. The van der Waals surface area contributed by atoms with Crippen molar-refractivity contribution in [2.45, 2.75) is 10.9 Å². The Kier molecular flexibility index (Phi) is 4.48. The van der Waals surface area contributed by atoms with E-state index in [0.717, 1.165) is 21.9 Å². The number of nitrogen functional groups attached to an aromatic ring is 1. The molecule has 0 aliphatic heterocycles. The topological polar surface area (TPSA) is 82.8 Å². The van der Waals surface area contributed by atoms with Gasteiger partial charge in [0.15, 0.2) is 11.6 Å². The van der Waals surface area contributed by atoms with Crippen molar-refractivity contribution in [3.8, 4) is 22.0 Å². The molecule has 0 bridgehead atoms. The molecule has 3 aromatic heterocycles. The summed E-state index contributed by atoms with van der Waals surface area (Å²) in [6, 6.07) is 13.2. The Morgan fingerprint density at radius 3 is 2.92 bits per heavy atom. The van der Waals surface area contributed by atoms with Crippen LogP contribution in [-0.2, 0) is 5.75 Å². The van der Waals surface area contributed by atoms with Crippen molar-refractivity contribution in [1.82, 2.24) is 20.0 Å². The minimum Gasteiger partial charge on any atom is -0.355 e. The van der Waals surface area contributed by atoms with Crippen molar-refractivity contribution >= 4 is 34.7 Å². The van der Waals surface area contributed by atoms with Crippen LogP contribution in [0.3, 0.4) is 0 Å². The molecule has 4 aromatic rings. The number of halogens is 1. The summed E-state index contributed by atoms with van der Waals surface area (Å²) in [5, 5.41) is 15.6. The fourth-order valence-corrected chi connectivity index (χ4v) is 3.85. The molecule has 0 atom stereocenters. The molecule has 0 saturated carbocycles. The second-order valence-electron chi connectivity index (χ2n) is 5.14.